The van der Waals surface area contributed by atoms with Crippen molar-refractivity contribution in [2.75, 3.05) is 13.2 Å². The maximum Gasteiger partial charge on any atom is 0.258 e. The Hall–Kier alpha value is -3.06. The van der Waals surface area contributed by atoms with Crippen LogP contribution in [0.4, 0.5) is 0 Å². The van der Waals surface area contributed by atoms with Crippen molar-refractivity contribution in [1.82, 2.24) is 20.4 Å². The molecule has 164 valence electrons. The normalized spacial score (nSPS) is 11.0. The van der Waals surface area contributed by atoms with E-state index in [1.807, 2.05) is 32.0 Å². The smallest absolute Gasteiger partial charge is 0.258 e. The highest BCUT2D eigenvalue weighted by Gasteiger charge is 2.16. The van der Waals surface area contributed by atoms with Crippen molar-refractivity contribution < 1.29 is 14.4 Å². The molecule has 7 heteroatoms. The number of carbonyl (C=O) groups excluding carboxylic acids is 1. The first-order chi connectivity index (χ1) is 14.9. The lowest BCUT2D eigenvalue weighted by Gasteiger charge is -2.13. The third-order valence-electron chi connectivity index (χ3n) is 5.28. The Morgan fingerprint density at radius 3 is 2.58 bits per heavy atom. The second kappa shape index (κ2) is 10.3. The number of aliphatic hydroxyl groups excluding tert-OH is 1. The van der Waals surface area contributed by atoms with Gasteiger partial charge in [-0.3, -0.25) is 9.78 Å². The van der Waals surface area contributed by atoms with Gasteiger partial charge in [-0.1, -0.05) is 19.0 Å². The molecule has 0 unspecified atom stereocenters. The topological polar surface area (TPSA) is 101 Å². The highest BCUT2D eigenvalue weighted by molar-refractivity contribution is 5.76. The molecule has 0 bridgehead atoms. The Kier molecular flexibility index (Phi) is 7.52. The number of pyridine rings is 1. The summed E-state index contributed by atoms with van der Waals surface area (Å²) in [5.41, 5.74) is 7.14. The fourth-order valence-corrected chi connectivity index (χ4v) is 3.71. The minimum atomic E-state index is -0.0542. The minimum absolute atomic E-state index is 0.0504. The van der Waals surface area contributed by atoms with Crippen LogP contribution < -0.4 is 5.32 Å². The van der Waals surface area contributed by atoms with E-state index < -0.39 is 0 Å². The third kappa shape index (κ3) is 5.55. The zero-order valence-electron chi connectivity index (χ0n) is 18.7. The molecule has 2 aromatic heterocycles. The maximum absolute atomic E-state index is 11.9. The molecule has 0 atom stereocenters. The average molecular weight is 423 g/mol. The first-order valence-electron chi connectivity index (χ1n) is 10.8. The van der Waals surface area contributed by atoms with Crippen molar-refractivity contribution in [3.63, 3.8) is 0 Å². The lowest BCUT2D eigenvalue weighted by Crippen LogP contribution is -2.26. The van der Waals surface area contributed by atoms with Crippen LogP contribution in [0.3, 0.4) is 0 Å². The summed E-state index contributed by atoms with van der Waals surface area (Å²) < 4.78 is 5.56. The predicted molar refractivity (Wildman–Crippen MR) is 120 cm³/mol. The van der Waals surface area contributed by atoms with E-state index in [4.69, 9.17) is 9.63 Å². The number of aliphatic hydroxyl groups is 1. The number of hydrogen-bond acceptors (Lipinski definition) is 6. The molecule has 0 spiro atoms. The van der Waals surface area contributed by atoms with Crippen LogP contribution in [0, 0.1) is 13.8 Å². The molecule has 0 saturated heterocycles. The highest BCUT2D eigenvalue weighted by atomic mass is 16.5. The monoisotopic (exact) mass is 422 g/mol. The molecule has 2 N–H and O–H groups in total. The molecule has 0 saturated carbocycles. The van der Waals surface area contributed by atoms with Gasteiger partial charge in [0.25, 0.3) is 5.89 Å². The summed E-state index contributed by atoms with van der Waals surface area (Å²) in [6.07, 6.45) is 2.73. The van der Waals surface area contributed by atoms with E-state index in [2.05, 4.69) is 40.4 Å². The third-order valence-corrected chi connectivity index (χ3v) is 5.28. The second-order valence-corrected chi connectivity index (χ2v) is 7.62. The molecule has 0 aliphatic heterocycles. The van der Waals surface area contributed by atoms with Crippen molar-refractivity contribution in [1.29, 1.82) is 0 Å². The molecule has 7 nitrogen and oxygen atoms in total. The standard InChI is InChI=1S/C24H30N4O3/c1-5-17-13-18(11-15(3)21(17)7-8-22(30)25-9-10-29)23-27-24(31-28-23)19-12-16(4)26-20(6-2)14-19/h11-14,29H,5-10H2,1-4H3,(H,25,30). The number of nitrogens with one attached hydrogen (secondary N) is 1. The molecule has 1 aromatic carbocycles. The van der Waals surface area contributed by atoms with Gasteiger partial charge in [-0.25, -0.2) is 0 Å². The summed E-state index contributed by atoms with van der Waals surface area (Å²) in [4.78, 5) is 21.1. The number of carbonyl (C=O) groups is 1. The van der Waals surface area contributed by atoms with Gasteiger partial charge in [0.15, 0.2) is 0 Å². The Bertz CT molecular complexity index is 1060. The molecule has 0 aliphatic rings. The van der Waals surface area contributed by atoms with E-state index in [0.717, 1.165) is 40.9 Å². The molecule has 0 radical (unpaired) electrons. The van der Waals surface area contributed by atoms with E-state index in [1.165, 1.54) is 11.1 Å². The average Bonchev–Trinajstić information content (AvgIpc) is 3.26. The minimum Gasteiger partial charge on any atom is -0.395 e. The van der Waals surface area contributed by atoms with Crippen molar-refractivity contribution in [2.24, 2.45) is 0 Å². The predicted octanol–water partition coefficient (Wildman–Crippen LogP) is 3.58. The van der Waals surface area contributed by atoms with Crippen molar-refractivity contribution >= 4 is 5.91 Å². The largest absolute Gasteiger partial charge is 0.395 e. The fourth-order valence-electron chi connectivity index (χ4n) is 3.71. The maximum atomic E-state index is 11.9. The van der Waals surface area contributed by atoms with Crippen LogP contribution in [0.1, 0.15) is 48.3 Å². The second-order valence-electron chi connectivity index (χ2n) is 7.62. The lowest BCUT2D eigenvalue weighted by atomic mass is 9.93. The Balaban J connectivity index is 1.85. The van der Waals surface area contributed by atoms with Crippen LogP contribution in [0.15, 0.2) is 28.8 Å². The Morgan fingerprint density at radius 2 is 1.87 bits per heavy atom. The number of nitrogens with zero attached hydrogens (tertiary/aromatic N) is 3. The zero-order valence-corrected chi connectivity index (χ0v) is 18.7. The molecule has 1 amide bonds. The fraction of sp³-hybridized carbons (Fsp3) is 0.417. The summed E-state index contributed by atoms with van der Waals surface area (Å²) in [6, 6.07) is 8.06. The van der Waals surface area contributed by atoms with Gasteiger partial charge < -0.3 is 14.9 Å². The highest BCUT2D eigenvalue weighted by Crippen LogP contribution is 2.28. The van der Waals surface area contributed by atoms with Gasteiger partial charge in [-0.15, -0.1) is 0 Å². The number of amides is 1. The number of rotatable bonds is 9. The summed E-state index contributed by atoms with van der Waals surface area (Å²) in [5, 5.41) is 15.8. The van der Waals surface area contributed by atoms with Gasteiger partial charge in [0.05, 0.1) is 6.61 Å². The van der Waals surface area contributed by atoms with Crippen LogP contribution in [0.25, 0.3) is 22.8 Å². The van der Waals surface area contributed by atoms with Gasteiger partial charge in [-0.05, 0) is 74.1 Å². The summed E-state index contributed by atoms with van der Waals surface area (Å²) in [5.74, 6) is 0.976. The molecule has 3 rings (SSSR count). The molecule has 0 fully saturated rings. The van der Waals surface area contributed by atoms with Crippen LogP contribution in [-0.2, 0) is 24.1 Å². The molecule has 0 aliphatic carbocycles. The van der Waals surface area contributed by atoms with Crippen LogP contribution in [-0.4, -0.2) is 39.3 Å². The molecule has 3 aromatic rings. The van der Waals surface area contributed by atoms with E-state index in [0.29, 0.717) is 24.6 Å². The van der Waals surface area contributed by atoms with Crippen molar-refractivity contribution in [2.45, 2.75) is 53.4 Å². The summed E-state index contributed by atoms with van der Waals surface area (Å²) >= 11 is 0. The summed E-state index contributed by atoms with van der Waals surface area (Å²) in [7, 11) is 0. The van der Waals surface area contributed by atoms with E-state index >= 15 is 0 Å². The number of benzene rings is 1. The first-order valence-corrected chi connectivity index (χ1v) is 10.8. The van der Waals surface area contributed by atoms with Crippen molar-refractivity contribution in [3.8, 4) is 22.8 Å². The van der Waals surface area contributed by atoms with Gasteiger partial charge in [-0.2, -0.15) is 4.98 Å². The van der Waals surface area contributed by atoms with E-state index in [9.17, 15) is 4.79 Å². The van der Waals surface area contributed by atoms with Crippen molar-refractivity contribution in [3.05, 3.63) is 52.3 Å². The van der Waals surface area contributed by atoms with Gasteiger partial charge in [0, 0.05) is 35.5 Å². The Morgan fingerprint density at radius 1 is 1.06 bits per heavy atom. The zero-order chi connectivity index (χ0) is 22.4. The van der Waals surface area contributed by atoms with Gasteiger partial charge in [0.2, 0.25) is 11.7 Å². The SMILES string of the molecule is CCc1cc(-c2nc(-c3cc(C)c(CCC(=O)NCCO)c(CC)c3)no2)cc(C)n1. The number of aromatic nitrogens is 3. The molecular weight excluding hydrogens is 392 g/mol. The van der Waals surface area contributed by atoms with Gasteiger partial charge in [0.1, 0.15) is 0 Å². The first kappa shape index (κ1) is 22.6. The summed E-state index contributed by atoms with van der Waals surface area (Å²) in [6.45, 7) is 8.41. The van der Waals surface area contributed by atoms with Crippen LogP contribution >= 0.6 is 0 Å². The molecular formula is C24H30N4O3. The lowest BCUT2D eigenvalue weighted by molar-refractivity contribution is -0.121. The number of hydrogen-bond donors (Lipinski definition) is 2. The van der Waals surface area contributed by atoms with Gasteiger partial charge >= 0.3 is 0 Å². The Labute approximate surface area is 182 Å². The molecule has 31 heavy (non-hydrogen) atoms. The van der Waals surface area contributed by atoms with Crippen LogP contribution in [0.5, 0.6) is 0 Å². The number of aryl methyl sites for hydroxylation is 4. The molecule has 2 heterocycles. The van der Waals surface area contributed by atoms with E-state index in [1.54, 1.807) is 0 Å². The van der Waals surface area contributed by atoms with Crippen LogP contribution in [0.2, 0.25) is 0 Å². The quantitative estimate of drug-likeness (QED) is 0.547. The van der Waals surface area contributed by atoms with E-state index in [-0.39, 0.29) is 19.1 Å².